The van der Waals surface area contributed by atoms with E-state index in [9.17, 15) is 14.9 Å². The summed E-state index contributed by atoms with van der Waals surface area (Å²) in [4.78, 5) is 25.5. The largest absolute Gasteiger partial charge is 0.472 e. The molecule has 2 rings (SSSR count). The molecule has 0 unspecified atom stereocenters. The molecule has 0 radical (unpaired) electrons. The Balaban J connectivity index is 1.87. The van der Waals surface area contributed by atoms with Crippen LogP contribution in [0.5, 0.6) is 0 Å². The highest BCUT2D eigenvalue weighted by atomic mass is 16.6. The van der Waals surface area contributed by atoms with Gasteiger partial charge in [-0.05, 0) is 35.4 Å². The van der Waals surface area contributed by atoms with Gasteiger partial charge in [-0.1, -0.05) is 23.2 Å². The number of nitrogens with zero attached hydrogens (tertiary/aromatic N) is 2. The number of carboxylic acid groups (broad SMARTS) is 1. The van der Waals surface area contributed by atoms with Crippen molar-refractivity contribution in [1.82, 2.24) is 0 Å². The minimum absolute atomic E-state index is 0.0216. The molecule has 0 amide bonds. The van der Waals surface area contributed by atoms with E-state index in [2.05, 4.69) is 11.1 Å². The minimum Gasteiger partial charge on any atom is -0.472 e. The van der Waals surface area contributed by atoms with Gasteiger partial charge in [0.2, 0.25) is 0 Å². The predicted octanol–water partition coefficient (Wildman–Crippen LogP) is 2.58. The molecule has 0 aliphatic carbocycles. The van der Waals surface area contributed by atoms with Crippen molar-refractivity contribution in [2.24, 2.45) is 5.16 Å². The van der Waals surface area contributed by atoms with Crippen LogP contribution in [0.2, 0.25) is 0 Å². The predicted molar refractivity (Wildman–Crippen MR) is 86.4 cm³/mol. The van der Waals surface area contributed by atoms with Crippen molar-refractivity contribution in [3.63, 3.8) is 0 Å². The molecule has 0 heterocycles. The van der Waals surface area contributed by atoms with Gasteiger partial charge in [0.25, 0.3) is 5.69 Å². The lowest BCUT2D eigenvalue weighted by molar-refractivity contribution is -0.384. The number of oxime groups is 1. The molecular weight excluding hydrogens is 312 g/mol. The van der Waals surface area contributed by atoms with E-state index in [1.165, 1.54) is 18.3 Å². The molecule has 0 fully saturated rings. The summed E-state index contributed by atoms with van der Waals surface area (Å²) in [5.74, 6) is 3.35. The third-order valence-electron chi connectivity index (χ3n) is 2.88. The fraction of sp³-hybridized carbons (Fsp3) is 0.0588. The summed E-state index contributed by atoms with van der Waals surface area (Å²) >= 11 is 0. The highest BCUT2D eigenvalue weighted by molar-refractivity contribution is 5.87. The van der Waals surface area contributed by atoms with Gasteiger partial charge in [0, 0.05) is 23.6 Å². The van der Waals surface area contributed by atoms with Crippen molar-refractivity contribution >= 4 is 17.9 Å². The maximum Gasteiger partial charge on any atom is 0.382 e. The first-order chi connectivity index (χ1) is 11.5. The molecule has 0 aliphatic rings. The number of carboxylic acids is 1. The molecule has 0 saturated heterocycles. The van der Waals surface area contributed by atoms with Gasteiger partial charge in [0.05, 0.1) is 11.1 Å². The molecule has 7 heteroatoms. The van der Waals surface area contributed by atoms with Gasteiger partial charge >= 0.3 is 5.97 Å². The van der Waals surface area contributed by atoms with Crippen LogP contribution in [0, 0.1) is 22.0 Å². The highest BCUT2D eigenvalue weighted by Gasteiger charge is 2.03. The van der Waals surface area contributed by atoms with Crippen LogP contribution >= 0.6 is 0 Å². The van der Waals surface area contributed by atoms with Crippen LogP contribution in [0.15, 0.2) is 53.7 Å². The van der Waals surface area contributed by atoms with Crippen LogP contribution < -0.4 is 0 Å². The monoisotopic (exact) mass is 324 g/mol. The topological polar surface area (TPSA) is 102 Å². The van der Waals surface area contributed by atoms with Crippen LogP contribution in [0.1, 0.15) is 16.7 Å². The van der Waals surface area contributed by atoms with E-state index in [4.69, 9.17) is 9.94 Å². The quantitative estimate of drug-likeness (QED) is 0.394. The molecule has 2 aromatic carbocycles. The van der Waals surface area contributed by atoms with Crippen LogP contribution in [-0.2, 0) is 16.2 Å². The highest BCUT2D eigenvalue weighted by Crippen LogP contribution is 2.12. The number of benzene rings is 2. The van der Waals surface area contributed by atoms with E-state index in [1.807, 2.05) is 5.92 Å². The van der Waals surface area contributed by atoms with Gasteiger partial charge in [-0.2, -0.15) is 0 Å². The number of nitro groups is 1. The number of aliphatic carboxylic acids is 1. The van der Waals surface area contributed by atoms with Gasteiger partial charge in [-0.15, -0.1) is 0 Å². The number of non-ortho nitro benzene ring substituents is 1. The fourth-order valence-electron chi connectivity index (χ4n) is 1.70. The number of hydrogen-bond acceptors (Lipinski definition) is 5. The summed E-state index contributed by atoms with van der Waals surface area (Å²) < 4.78 is 0. The first-order valence-electron chi connectivity index (χ1n) is 6.78. The minimum atomic E-state index is -1.18. The van der Waals surface area contributed by atoms with Crippen molar-refractivity contribution in [2.45, 2.75) is 6.61 Å². The Kier molecular flexibility index (Phi) is 5.64. The Morgan fingerprint density at radius 3 is 2.46 bits per heavy atom. The van der Waals surface area contributed by atoms with Crippen molar-refractivity contribution in [3.05, 3.63) is 75.3 Å². The molecular formula is C17H12N2O5. The second kappa shape index (κ2) is 8.10. The number of carbonyl (C=O) groups is 1. The summed E-state index contributed by atoms with van der Waals surface area (Å²) in [7, 11) is 0. The molecule has 0 bridgehead atoms. The van der Waals surface area contributed by atoms with Crippen molar-refractivity contribution < 1.29 is 19.7 Å². The maximum atomic E-state index is 10.5. The van der Waals surface area contributed by atoms with E-state index >= 15 is 0 Å². The number of rotatable bonds is 5. The Labute approximate surface area is 137 Å². The van der Waals surface area contributed by atoms with Crippen molar-refractivity contribution in [2.75, 3.05) is 0 Å². The summed E-state index contributed by atoms with van der Waals surface area (Å²) in [5, 5.41) is 22.8. The lowest BCUT2D eigenvalue weighted by atomic mass is 10.1. The van der Waals surface area contributed by atoms with Crippen LogP contribution in [-0.4, -0.2) is 22.2 Å². The van der Waals surface area contributed by atoms with Crippen molar-refractivity contribution in [3.8, 4) is 11.8 Å². The molecule has 0 saturated carbocycles. The third-order valence-corrected chi connectivity index (χ3v) is 2.88. The van der Waals surface area contributed by atoms with E-state index in [-0.39, 0.29) is 12.3 Å². The Hall–Kier alpha value is -3.66. The Morgan fingerprint density at radius 1 is 1.21 bits per heavy atom. The molecule has 120 valence electrons. The van der Waals surface area contributed by atoms with E-state index < -0.39 is 10.9 Å². The lowest BCUT2D eigenvalue weighted by Gasteiger charge is -1.99. The van der Waals surface area contributed by atoms with Crippen LogP contribution in [0.4, 0.5) is 5.69 Å². The average molecular weight is 324 g/mol. The summed E-state index contributed by atoms with van der Waals surface area (Å²) in [5.41, 5.74) is 2.13. The van der Waals surface area contributed by atoms with E-state index in [0.29, 0.717) is 5.56 Å². The van der Waals surface area contributed by atoms with Crippen molar-refractivity contribution in [1.29, 1.82) is 0 Å². The second-order valence-corrected chi connectivity index (χ2v) is 4.61. The Bertz CT molecular complexity index is 815. The lowest BCUT2D eigenvalue weighted by Crippen LogP contribution is -1.91. The summed E-state index contributed by atoms with van der Waals surface area (Å²) in [6.45, 7) is 0.191. The molecule has 24 heavy (non-hydrogen) atoms. The smallest absolute Gasteiger partial charge is 0.382 e. The molecule has 7 nitrogen and oxygen atoms in total. The molecule has 2 aromatic rings. The van der Waals surface area contributed by atoms with E-state index in [0.717, 1.165) is 11.1 Å². The fourth-order valence-corrected chi connectivity index (χ4v) is 1.70. The van der Waals surface area contributed by atoms with Gasteiger partial charge in [0.15, 0.2) is 0 Å². The molecule has 0 aliphatic heterocycles. The van der Waals surface area contributed by atoms with Gasteiger partial charge in [-0.25, -0.2) is 4.79 Å². The molecule has 0 aromatic heterocycles. The van der Waals surface area contributed by atoms with Gasteiger partial charge in [0.1, 0.15) is 6.61 Å². The van der Waals surface area contributed by atoms with Crippen LogP contribution in [0.3, 0.4) is 0 Å². The zero-order chi connectivity index (χ0) is 17.4. The molecule has 0 atom stereocenters. The third kappa shape index (κ3) is 5.27. The van der Waals surface area contributed by atoms with Gasteiger partial charge in [-0.3, -0.25) is 10.1 Å². The zero-order valence-corrected chi connectivity index (χ0v) is 12.4. The zero-order valence-electron chi connectivity index (χ0n) is 12.4. The van der Waals surface area contributed by atoms with Gasteiger partial charge < -0.3 is 9.94 Å². The van der Waals surface area contributed by atoms with E-state index in [1.54, 1.807) is 36.4 Å². The number of nitro benzene ring substituents is 1. The van der Waals surface area contributed by atoms with Crippen LogP contribution in [0.25, 0.3) is 0 Å². The standard InChI is InChI=1S/C17H12N2O5/c20-17(21)10-7-13-1-3-14(4-2-13)11-18-24-12-15-5-8-16(9-6-15)19(22)23/h1-6,8-9,11H,12H2,(H,20,21). The second-order valence-electron chi connectivity index (χ2n) is 4.61. The summed E-state index contributed by atoms with van der Waals surface area (Å²) in [6.07, 6.45) is 1.50. The maximum absolute atomic E-state index is 10.5. The number of hydrogen-bond donors (Lipinski definition) is 1. The first-order valence-corrected chi connectivity index (χ1v) is 6.78. The molecule has 0 spiro atoms. The SMILES string of the molecule is O=C(O)C#Cc1ccc(C=NOCc2ccc([N+](=O)[O-])cc2)cc1. The summed E-state index contributed by atoms with van der Waals surface area (Å²) in [6, 6.07) is 12.8. The molecule has 1 N–H and O–H groups in total. The first kappa shape index (κ1) is 16.7. The normalized spacial score (nSPS) is 10.0. The average Bonchev–Trinajstić information content (AvgIpc) is 2.58. The Morgan fingerprint density at radius 2 is 1.88 bits per heavy atom.